The maximum absolute atomic E-state index is 12.2. The second-order valence-corrected chi connectivity index (χ2v) is 7.28. The number of hydrogen-bond acceptors (Lipinski definition) is 3. The number of piperidine rings is 2. The molecule has 2 fully saturated rings. The van der Waals surface area contributed by atoms with Crippen LogP contribution in [-0.4, -0.2) is 60.9 Å². The molecule has 0 aromatic carbocycles. The van der Waals surface area contributed by atoms with E-state index < -0.39 is 0 Å². The summed E-state index contributed by atoms with van der Waals surface area (Å²) < 4.78 is 0. The van der Waals surface area contributed by atoms with Crippen LogP contribution in [-0.2, 0) is 9.59 Å². The van der Waals surface area contributed by atoms with Crippen LogP contribution in [0.5, 0.6) is 0 Å². The van der Waals surface area contributed by atoms with Gasteiger partial charge in [-0.15, -0.1) is 0 Å². The second-order valence-electron chi connectivity index (χ2n) is 7.28. The van der Waals surface area contributed by atoms with E-state index in [9.17, 15) is 9.59 Å². The van der Waals surface area contributed by atoms with Crippen LogP contribution in [0.3, 0.4) is 0 Å². The number of carbonyl (C=O) groups is 2. The average molecular weight is 309 g/mol. The molecule has 2 saturated heterocycles. The van der Waals surface area contributed by atoms with Crippen LogP contribution in [0.15, 0.2) is 0 Å². The van der Waals surface area contributed by atoms with Gasteiger partial charge in [-0.25, -0.2) is 0 Å². The van der Waals surface area contributed by atoms with Gasteiger partial charge in [0.25, 0.3) is 0 Å². The molecule has 5 heteroatoms. The van der Waals surface area contributed by atoms with Crippen molar-refractivity contribution in [2.45, 2.75) is 40.0 Å². The van der Waals surface area contributed by atoms with Gasteiger partial charge < -0.3 is 15.1 Å². The van der Waals surface area contributed by atoms with E-state index in [-0.39, 0.29) is 17.7 Å². The van der Waals surface area contributed by atoms with E-state index in [1.807, 2.05) is 4.90 Å². The van der Waals surface area contributed by atoms with Crippen LogP contribution >= 0.6 is 0 Å². The molecule has 0 spiro atoms. The zero-order valence-corrected chi connectivity index (χ0v) is 14.3. The first kappa shape index (κ1) is 17.3. The molecule has 2 atom stereocenters. The monoisotopic (exact) mass is 309 g/mol. The summed E-state index contributed by atoms with van der Waals surface area (Å²) in [6.45, 7) is 11.6. The molecule has 0 radical (unpaired) electrons. The topological polar surface area (TPSA) is 52.7 Å². The van der Waals surface area contributed by atoms with Crippen molar-refractivity contribution >= 4 is 11.8 Å². The highest BCUT2D eigenvalue weighted by Crippen LogP contribution is 2.20. The van der Waals surface area contributed by atoms with Crippen LogP contribution in [0, 0.1) is 17.8 Å². The van der Waals surface area contributed by atoms with E-state index in [4.69, 9.17) is 0 Å². The fourth-order valence-electron chi connectivity index (χ4n) is 3.91. The van der Waals surface area contributed by atoms with Crippen molar-refractivity contribution in [3.63, 3.8) is 0 Å². The van der Waals surface area contributed by atoms with Crippen molar-refractivity contribution in [2.24, 2.45) is 17.8 Å². The van der Waals surface area contributed by atoms with Gasteiger partial charge in [0.1, 0.15) is 0 Å². The molecular formula is C17H31N3O2. The fourth-order valence-corrected chi connectivity index (χ4v) is 3.91. The minimum Gasteiger partial charge on any atom is -0.355 e. The first-order valence-corrected chi connectivity index (χ1v) is 8.71. The van der Waals surface area contributed by atoms with E-state index in [2.05, 4.69) is 24.1 Å². The van der Waals surface area contributed by atoms with Gasteiger partial charge in [-0.3, -0.25) is 9.59 Å². The molecule has 1 N–H and O–H groups in total. The number of amides is 2. The highest BCUT2D eigenvalue weighted by Gasteiger charge is 2.26. The second kappa shape index (κ2) is 7.95. The molecular weight excluding hydrogens is 278 g/mol. The maximum atomic E-state index is 12.2. The van der Waals surface area contributed by atoms with Gasteiger partial charge in [-0.1, -0.05) is 13.8 Å². The van der Waals surface area contributed by atoms with Gasteiger partial charge in [0.2, 0.25) is 11.8 Å². The van der Waals surface area contributed by atoms with Crippen LogP contribution in [0.4, 0.5) is 0 Å². The van der Waals surface area contributed by atoms with Crippen LogP contribution in [0.2, 0.25) is 0 Å². The Labute approximate surface area is 134 Å². The lowest BCUT2D eigenvalue weighted by Crippen LogP contribution is -2.45. The molecule has 126 valence electrons. The maximum Gasteiger partial charge on any atom is 0.223 e. The molecule has 2 aliphatic rings. The number of carbonyl (C=O) groups excluding carboxylic acids is 2. The Morgan fingerprint density at radius 3 is 2.23 bits per heavy atom. The highest BCUT2D eigenvalue weighted by atomic mass is 16.2. The highest BCUT2D eigenvalue weighted by molar-refractivity contribution is 5.79. The summed E-state index contributed by atoms with van der Waals surface area (Å²) in [6, 6.07) is 0. The van der Waals surface area contributed by atoms with Gasteiger partial charge in [0.15, 0.2) is 0 Å². The first-order chi connectivity index (χ1) is 10.5. The Kier molecular flexibility index (Phi) is 6.24. The zero-order chi connectivity index (χ0) is 16.1. The SMILES string of the molecule is CC(=O)N1CCC(C(=O)NCCN2C[C@H](C)C[C@H](C)C2)CC1. The predicted molar refractivity (Wildman–Crippen MR) is 87.4 cm³/mol. The lowest BCUT2D eigenvalue weighted by atomic mass is 9.92. The molecule has 22 heavy (non-hydrogen) atoms. The first-order valence-electron chi connectivity index (χ1n) is 8.71. The van der Waals surface area contributed by atoms with E-state index in [1.165, 1.54) is 6.42 Å². The molecule has 5 nitrogen and oxygen atoms in total. The van der Waals surface area contributed by atoms with E-state index in [1.54, 1.807) is 6.92 Å². The summed E-state index contributed by atoms with van der Waals surface area (Å²) in [5, 5.41) is 3.09. The lowest BCUT2D eigenvalue weighted by Gasteiger charge is -2.35. The van der Waals surface area contributed by atoms with Crippen molar-refractivity contribution in [2.75, 3.05) is 39.3 Å². The van der Waals surface area contributed by atoms with E-state index >= 15 is 0 Å². The van der Waals surface area contributed by atoms with Crippen LogP contribution in [0.1, 0.15) is 40.0 Å². The van der Waals surface area contributed by atoms with Gasteiger partial charge in [-0.05, 0) is 31.1 Å². The summed E-state index contributed by atoms with van der Waals surface area (Å²) in [4.78, 5) is 27.8. The largest absolute Gasteiger partial charge is 0.355 e. The normalized spacial score (nSPS) is 27.7. The van der Waals surface area contributed by atoms with Crippen molar-refractivity contribution in [1.82, 2.24) is 15.1 Å². The van der Waals surface area contributed by atoms with E-state index in [0.717, 1.165) is 50.9 Å². The van der Waals surface area contributed by atoms with Crippen molar-refractivity contribution in [1.29, 1.82) is 0 Å². The summed E-state index contributed by atoms with van der Waals surface area (Å²) in [6.07, 6.45) is 2.91. The van der Waals surface area contributed by atoms with Gasteiger partial charge in [0, 0.05) is 52.1 Å². The minimum atomic E-state index is 0.0785. The Bertz CT molecular complexity index is 381. The van der Waals surface area contributed by atoms with Gasteiger partial charge >= 0.3 is 0 Å². The third-order valence-corrected chi connectivity index (χ3v) is 4.98. The summed E-state index contributed by atoms with van der Waals surface area (Å²) in [5.74, 6) is 1.88. The molecule has 0 aromatic heterocycles. The molecule has 2 rings (SSSR count). The smallest absolute Gasteiger partial charge is 0.223 e. The quantitative estimate of drug-likeness (QED) is 0.852. The Hall–Kier alpha value is -1.10. The molecule has 0 saturated carbocycles. The Morgan fingerprint density at radius 2 is 1.68 bits per heavy atom. The predicted octanol–water partition coefficient (Wildman–Crippen LogP) is 1.34. The number of rotatable bonds is 4. The molecule has 0 unspecified atom stereocenters. The number of nitrogens with one attached hydrogen (secondary N) is 1. The summed E-state index contributed by atoms with van der Waals surface area (Å²) in [5.41, 5.74) is 0. The molecule has 0 aliphatic carbocycles. The zero-order valence-electron chi connectivity index (χ0n) is 14.3. The molecule has 2 aliphatic heterocycles. The lowest BCUT2D eigenvalue weighted by molar-refractivity contribution is -0.133. The van der Waals surface area contributed by atoms with Crippen molar-refractivity contribution in [3.05, 3.63) is 0 Å². The van der Waals surface area contributed by atoms with Crippen LogP contribution < -0.4 is 5.32 Å². The molecule has 0 aromatic rings. The Morgan fingerprint density at radius 1 is 1.09 bits per heavy atom. The molecule has 2 heterocycles. The van der Waals surface area contributed by atoms with Crippen molar-refractivity contribution < 1.29 is 9.59 Å². The molecule has 2 amide bonds. The average Bonchev–Trinajstić information content (AvgIpc) is 2.46. The minimum absolute atomic E-state index is 0.0785. The molecule has 0 bridgehead atoms. The number of likely N-dealkylation sites (tertiary alicyclic amines) is 2. The fraction of sp³-hybridized carbons (Fsp3) is 0.882. The Balaban J connectivity index is 1.65. The van der Waals surface area contributed by atoms with Crippen molar-refractivity contribution in [3.8, 4) is 0 Å². The number of nitrogens with zero attached hydrogens (tertiary/aromatic N) is 2. The third-order valence-electron chi connectivity index (χ3n) is 4.98. The van der Waals surface area contributed by atoms with Gasteiger partial charge in [0.05, 0.1) is 0 Å². The summed E-state index contributed by atoms with van der Waals surface area (Å²) in [7, 11) is 0. The number of hydrogen-bond donors (Lipinski definition) is 1. The third kappa shape index (κ3) is 4.97. The van der Waals surface area contributed by atoms with E-state index in [0.29, 0.717) is 13.1 Å². The van der Waals surface area contributed by atoms with Gasteiger partial charge in [-0.2, -0.15) is 0 Å². The van der Waals surface area contributed by atoms with Crippen LogP contribution in [0.25, 0.3) is 0 Å². The summed E-state index contributed by atoms with van der Waals surface area (Å²) >= 11 is 0. The standard InChI is InChI=1S/C17H31N3O2/c1-13-10-14(2)12-19(11-13)9-6-18-17(22)16-4-7-20(8-5-16)15(3)21/h13-14,16H,4-12H2,1-3H3,(H,18,22)/t13-,14+.